The highest BCUT2D eigenvalue weighted by molar-refractivity contribution is 5.82. The molecule has 2 fully saturated rings. The van der Waals surface area contributed by atoms with E-state index in [1.54, 1.807) is 11.9 Å². The van der Waals surface area contributed by atoms with Crippen molar-refractivity contribution >= 4 is 5.91 Å². The Bertz CT molecular complexity index is 308. The quantitative estimate of drug-likeness (QED) is 0.803. The Balaban J connectivity index is 1.88. The highest BCUT2D eigenvalue weighted by atomic mass is 16.5. The number of likely N-dealkylation sites (N-methyl/N-ethyl adjacent to an activating group) is 1. The SMILES string of the molecule is CN(CC1(O)CCOCC1)C(=O)C1CC1(C)C. The number of amides is 1. The number of rotatable bonds is 3. The van der Waals surface area contributed by atoms with Crippen molar-refractivity contribution in [3.05, 3.63) is 0 Å². The molecule has 1 aliphatic heterocycles. The molecule has 0 aromatic carbocycles. The molecule has 4 heteroatoms. The van der Waals surface area contributed by atoms with E-state index in [-0.39, 0.29) is 17.2 Å². The van der Waals surface area contributed by atoms with Crippen molar-refractivity contribution in [2.75, 3.05) is 26.8 Å². The summed E-state index contributed by atoms with van der Waals surface area (Å²) < 4.78 is 5.24. The molecule has 0 spiro atoms. The van der Waals surface area contributed by atoms with Crippen LogP contribution in [0.4, 0.5) is 0 Å². The van der Waals surface area contributed by atoms with E-state index in [2.05, 4.69) is 13.8 Å². The van der Waals surface area contributed by atoms with Gasteiger partial charge in [-0.15, -0.1) is 0 Å². The lowest BCUT2D eigenvalue weighted by Gasteiger charge is -2.35. The molecule has 2 rings (SSSR count). The molecule has 1 amide bonds. The van der Waals surface area contributed by atoms with Crippen LogP contribution in [0.1, 0.15) is 33.1 Å². The van der Waals surface area contributed by atoms with E-state index in [1.165, 1.54) is 0 Å². The smallest absolute Gasteiger partial charge is 0.226 e. The van der Waals surface area contributed by atoms with E-state index in [0.29, 0.717) is 32.6 Å². The van der Waals surface area contributed by atoms with Crippen LogP contribution < -0.4 is 0 Å². The van der Waals surface area contributed by atoms with Gasteiger partial charge in [0.25, 0.3) is 0 Å². The van der Waals surface area contributed by atoms with Crippen molar-refractivity contribution < 1.29 is 14.6 Å². The lowest BCUT2D eigenvalue weighted by atomic mass is 9.93. The molecule has 17 heavy (non-hydrogen) atoms. The number of carbonyl (C=O) groups excluding carboxylic acids is 1. The average Bonchev–Trinajstić information content (AvgIpc) is 2.87. The Kier molecular flexibility index (Phi) is 3.21. The first-order valence-electron chi connectivity index (χ1n) is 6.39. The molecule has 1 unspecified atom stereocenters. The molecule has 1 heterocycles. The second kappa shape index (κ2) is 4.25. The van der Waals surface area contributed by atoms with Gasteiger partial charge < -0.3 is 14.7 Å². The zero-order valence-corrected chi connectivity index (χ0v) is 11.0. The van der Waals surface area contributed by atoms with Gasteiger partial charge in [0, 0.05) is 45.6 Å². The Morgan fingerprint density at radius 1 is 1.41 bits per heavy atom. The van der Waals surface area contributed by atoms with Crippen LogP contribution in [-0.4, -0.2) is 48.3 Å². The third-order valence-electron chi connectivity index (χ3n) is 4.14. The Morgan fingerprint density at radius 2 is 1.94 bits per heavy atom. The minimum Gasteiger partial charge on any atom is -0.388 e. The summed E-state index contributed by atoms with van der Waals surface area (Å²) in [5.41, 5.74) is -0.592. The van der Waals surface area contributed by atoms with E-state index in [1.807, 2.05) is 0 Å². The van der Waals surface area contributed by atoms with Crippen LogP contribution in [0.2, 0.25) is 0 Å². The second-order valence-electron chi connectivity index (χ2n) is 6.28. The molecule has 1 saturated heterocycles. The molecule has 4 nitrogen and oxygen atoms in total. The van der Waals surface area contributed by atoms with Crippen molar-refractivity contribution in [2.24, 2.45) is 11.3 Å². The predicted molar refractivity (Wildman–Crippen MR) is 64.5 cm³/mol. The molecule has 0 aromatic heterocycles. The van der Waals surface area contributed by atoms with Crippen molar-refractivity contribution in [1.82, 2.24) is 4.90 Å². The number of nitrogens with zero attached hydrogens (tertiary/aromatic N) is 1. The lowest BCUT2D eigenvalue weighted by molar-refractivity contribution is -0.138. The van der Waals surface area contributed by atoms with E-state index in [9.17, 15) is 9.90 Å². The summed E-state index contributed by atoms with van der Waals surface area (Å²) in [5.74, 6) is 0.325. The van der Waals surface area contributed by atoms with Crippen LogP contribution in [0.5, 0.6) is 0 Å². The largest absolute Gasteiger partial charge is 0.388 e. The standard InChI is InChI=1S/C13H23NO3/c1-12(2)8-10(12)11(15)14(3)9-13(16)4-6-17-7-5-13/h10,16H,4-9H2,1-3H3. The molecule has 0 radical (unpaired) electrons. The molecule has 0 bridgehead atoms. The van der Waals surface area contributed by atoms with Crippen LogP contribution >= 0.6 is 0 Å². The van der Waals surface area contributed by atoms with E-state index in [0.717, 1.165) is 6.42 Å². The molecule has 1 aliphatic carbocycles. The first kappa shape index (κ1) is 12.8. The van der Waals surface area contributed by atoms with Gasteiger partial charge in [-0.1, -0.05) is 13.8 Å². The number of carbonyl (C=O) groups is 1. The molecular weight excluding hydrogens is 218 g/mol. The molecule has 98 valence electrons. The van der Waals surface area contributed by atoms with Gasteiger partial charge >= 0.3 is 0 Å². The van der Waals surface area contributed by atoms with E-state index >= 15 is 0 Å². The Hall–Kier alpha value is -0.610. The van der Waals surface area contributed by atoms with Gasteiger partial charge in [-0.2, -0.15) is 0 Å². The summed E-state index contributed by atoms with van der Waals surface area (Å²) >= 11 is 0. The zero-order valence-electron chi connectivity index (χ0n) is 11.0. The molecule has 1 atom stereocenters. The van der Waals surface area contributed by atoms with Gasteiger partial charge in [0.05, 0.1) is 5.60 Å². The summed E-state index contributed by atoms with van der Waals surface area (Å²) in [4.78, 5) is 13.8. The highest BCUT2D eigenvalue weighted by Crippen LogP contribution is 2.52. The number of hydrogen-bond donors (Lipinski definition) is 1. The maximum atomic E-state index is 12.1. The summed E-state index contributed by atoms with van der Waals surface area (Å²) in [7, 11) is 1.80. The number of ether oxygens (including phenoxy) is 1. The lowest BCUT2D eigenvalue weighted by Crippen LogP contribution is -2.47. The van der Waals surface area contributed by atoms with Crippen LogP contribution in [0.25, 0.3) is 0 Å². The number of hydrogen-bond acceptors (Lipinski definition) is 3. The van der Waals surface area contributed by atoms with Gasteiger partial charge in [0.2, 0.25) is 5.91 Å². The van der Waals surface area contributed by atoms with E-state index < -0.39 is 5.60 Å². The Labute approximate surface area is 103 Å². The third kappa shape index (κ3) is 2.80. The summed E-state index contributed by atoms with van der Waals surface area (Å²) in [5, 5.41) is 10.3. The minimum absolute atomic E-state index is 0.149. The first-order valence-corrected chi connectivity index (χ1v) is 6.39. The topological polar surface area (TPSA) is 49.8 Å². The van der Waals surface area contributed by atoms with Crippen molar-refractivity contribution in [1.29, 1.82) is 0 Å². The van der Waals surface area contributed by atoms with Crippen molar-refractivity contribution in [3.8, 4) is 0 Å². The average molecular weight is 241 g/mol. The van der Waals surface area contributed by atoms with Crippen LogP contribution in [0.3, 0.4) is 0 Å². The molecule has 2 aliphatic rings. The van der Waals surface area contributed by atoms with Gasteiger partial charge in [0.15, 0.2) is 0 Å². The van der Waals surface area contributed by atoms with Gasteiger partial charge in [0.1, 0.15) is 0 Å². The van der Waals surface area contributed by atoms with Crippen molar-refractivity contribution in [3.63, 3.8) is 0 Å². The minimum atomic E-state index is -0.748. The van der Waals surface area contributed by atoms with Crippen LogP contribution in [0, 0.1) is 11.3 Å². The van der Waals surface area contributed by atoms with Gasteiger partial charge in [-0.05, 0) is 11.8 Å². The summed E-state index contributed by atoms with van der Waals surface area (Å²) in [6.45, 7) is 5.85. The van der Waals surface area contributed by atoms with Crippen molar-refractivity contribution in [2.45, 2.75) is 38.7 Å². The first-order chi connectivity index (χ1) is 7.84. The zero-order chi connectivity index (χ0) is 12.7. The number of aliphatic hydroxyl groups is 1. The summed E-state index contributed by atoms with van der Waals surface area (Å²) in [6, 6.07) is 0. The highest BCUT2D eigenvalue weighted by Gasteiger charge is 2.52. The van der Waals surface area contributed by atoms with Crippen LogP contribution in [-0.2, 0) is 9.53 Å². The molecule has 0 aromatic rings. The second-order valence-corrected chi connectivity index (χ2v) is 6.28. The fraction of sp³-hybridized carbons (Fsp3) is 0.923. The van der Waals surface area contributed by atoms with Gasteiger partial charge in [-0.3, -0.25) is 4.79 Å². The normalized spacial score (nSPS) is 29.8. The molecular formula is C13H23NO3. The van der Waals surface area contributed by atoms with E-state index in [4.69, 9.17) is 4.74 Å². The third-order valence-corrected chi connectivity index (χ3v) is 4.14. The van der Waals surface area contributed by atoms with Gasteiger partial charge in [-0.25, -0.2) is 0 Å². The fourth-order valence-corrected chi connectivity index (χ4v) is 2.58. The van der Waals surface area contributed by atoms with Crippen LogP contribution in [0.15, 0.2) is 0 Å². The predicted octanol–water partition coefficient (Wildman–Crippen LogP) is 1.03. The molecule has 1 N–H and O–H groups in total. The maximum absolute atomic E-state index is 12.1. The fourth-order valence-electron chi connectivity index (χ4n) is 2.58. The Morgan fingerprint density at radius 3 is 2.41 bits per heavy atom. The monoisotopic (exact) mass is 241 g/mol. The molecule has 1 saturated carbocycles. The summed E-state index contributed by atoms with van der Waals surface area (Å²) in [6.07, 6.45) is 2.22. The maximum Gasteiger partial charge on any atom is 0.226 e.